The van der Waals surface area contributed by atoms with E-state index in [9.17, 15) is 4.79 Å². The summed E-state index contributed by atoms with van der Waals surface area (Å²) in [5.41, 5.74) is 1.20. The molecular weight excluding hydrogens is 300 g/mol. The van der Waals surface area contributed by atoms with Crippen LogP contribution in [0.5, 0.6) is 5.75 Å². The zero-order valence-electron chi connectivity index (χ0n) is 15.3. The van der Waals surface area contributed by atoms with Gasteiger partial charge in [0.2, 0.25) is 0 Å². The van der Waals surface area contributed by atoms with Gasteiger partial charge in [-0.05, 0) is 57.0 Å². The molecule has 1 heterocycles. The van der Waals surface area contributed by atoms with E-state index in [1.807, 2.05) is 12.1 Å². The van der Waals surface area contributed by atoms with E-state index in [0.29, 0.717) is 6.42 Å². The normalized spacial score (nSPS) is 16.2. The van der Waals surface area contributed by atoms with E-state index in [1.54, 1.807) is 6.92 Å². The molecular formula is C20H32N2O2. The third kappa shape index (κ3) is 7.02. The van der Waals surface area contributed by atoms with Gasteiger partial charge in [-0.2, -0.15) is 0 Å². The lowest BCUT2D eigenvalue weighted by Crippen LogP contribution is -2.46. The fourth-order valence-electron chi connectivity index (χ4n) is 3.03. The van der Waals surface area contributed by atoms with Crippen molar-refractivity contribution in [2.75, 3.05) is 45.9 Å². The molecule has 1 fully saturated rings. The van der Waals surface area contributed by atoms with E-state index < -0.39 is 0 Å². The van der Waals surface area contributed by atoms with Crippen molar-refractivity contribution in [3.63, 3.8) is 0 Å². The molecule has 1 aliphatic heterocycles. The lowest BCUT2D eigenvalue weighted by Gasteiger charge is -2.33. The first-order valence-corrected chi connectivity index (χ1v) is 9.33. The SMILES string of the molecule is CCN1CCN(CCCCOc2ccc(CCC(C)=O)cc2)CC1. The minimum Gasteiger partial charge on any atom is -0.494 e. The third-order valence-corrected chi connectivity index (χ3v) is 4.74. The van der Waals surface area contributed by atoms with Crippen molar-refractivity contribution in [1.29, 1.82) is 0 Å². The Morgan fingerprint density at radius 3 is 2.33 bits per heavy atom. The molecule has 0 radical (unpaired) electrons. The minimum absolute atomic E-state index is 0.242. The predicted octanol–water partition coefficient (Wildman–Crippen LogP) is 3.00. The van der Waals surface area contributed by atoms with Gasteiger partial charge in [-0.3, -0.25) is 0 Å². The number of hydrogen-bond acceptors (Lipinski definition) is 4. The zero-order chi connectivity index (χ0) is 17.2. The van der Waals surface area contributed by atoms with Crippen molar-refractivity contribution in [2.45, 2.75) is 39.5 Å². The van der Waals surface area contributed by atoms with Gasteiger partial charge in [0.25, 0.3) is 0 Å². The Morgan fingerprint density at radius 1 is 1.04 bits per heavy atom. The van der Waals surface area contributed by atoms with Crippen molar-refractivity contribution in [3.05, 3.63) is 29.8 Å². The van der Waals surface area contributed by atoms with Crippen LogP contribution in [0.1, 0.15) is 38.7 Å². The Bertz CT molecular complexity index is 479. The monoisotopic (exact) mass is 332 g/mol. The molecule has 0 amide bonds. The lowest BCUT2D eigenvalue weighted by molar-refractivity contribution is -0.116. The average Bonchev–Trinajstić information content (AvgIpc) is 2.61. The number of rotatable bonds is 10. The number of aryl methyl sites for hydroxylation is 1. The number of ketones is 1. The molecule has 1 aromatic rings. The molecule has 0 atom stereocenters. The first-order chi connectivity index (χ1) is 11.7. The van der Waals surface area contributed by atoms with E-state index in [2.05, 4.69) is 28.9 Å². The Hall–Kier alpha value is -1.39. The maximum absolute atomic E-state index is 11.0. The summed E-state index contributed by atoms with van der Waals surface area (Å²) in [4.78, 5) is 16.1. The van der Waals surface area contributed by atoms with Crippen LogP contribution in [0.25, 0.3) is 0 Å². The van der Waals surface area contributed by atoms with Crippen LogP contribution in [-0.2, 0) is 11.2 Å². The maximum Gasteiger partial charge on any atom is 0.130 e. The Balaban J connectivity index is 1.55. The van der Waals surface area contributed by atoms with Gasteiger partial charge in [0.05, 0.1) is 6.61 Å². The van der Waals surface area contributed by atoms with Crippen LogP contribution in [-0.4, -0.2) is 61.5 Å². The van der Waals surface area contributed by atoms with Gasteiger partial charge in [0.15, 0.2) is 0 Å². The molecule has 0 bridgehead atoms. The molecule has 1 saturated heterocycles. The first-order valence-electron chi connectivity index (χ1n) is 9.33. The van der Waals surface area contributed by atoms with Crippen molar-refractivity contribution >= 4 is 5.78 Å². The number of carbonyl (C=O) groups excluding carboxylic acids is 1. The molecule has 4 heteroatoms. The number of unbranched alkanes of at least 4 members (excludes halogenated alkanes) is 1. The van der Waals surface area contributed by atoms with E-state index in [4.69, 9.17) is 4.74 Å². The number of nitrogens with zero attached hydrogens (tertiary/aromatic N) is 2. The van der Waals surface area contributed by atoms with E-state index >= 15 is 0 Å². The van der Waals surface area contributed by atoms with Gasteiger partial charge in [0, 0.05) is 32.6 Å². The number of likely N-dealkylation sites (N-methyl/N-ethyl adjacent to an activating group) is 1. The molecule has 0 N–H and O–H groups in total. The summed E-state index contributed by atoms with van der Waals surface area (Å²) in [6.45, 7) is 11.9. The minimum atomic E-state index is 0.242. The summed E-state index contributed by atoms with van der Waals surface area (Å²) < 4.78 is 5.82. The van der Waals surface area contributed by atoms with Crippen molar-refractivity contribution in [2.24, 2.45) is 0 Å². The zero-order valence-corrected chi connectivity index (χ0v) is 15.3. The fourth-order valence-corrected chi connectivity index (χ4v) is 3.03. The van der Waals surface area contributed by atoms with Crippen LogP contribution in [0, 0.1) is 0 Å². The quantitative estimate of drug-likeness (QED) is 0.617. The van der Waals surface area contributed by atoms with Gasteiger partial charge in [-0.15, -0.1) is 0 Å². The summed E-state index contributed by atoms with van der Waals surface area (Å²) in [7, 11) is 0. The van der Waals surface area contributed by atoms with E-state index in [1.165, 1.54) is 51.3 Å². The van der Waals surface area contributed by atoms with Crippen molar-refractivity contribution in [3.8, 4) is 5.75 Å². The fraction of sp³-hybridized carbons (Fsp3) is 0.650. The molecule has 0 aliphatic carbocycles. The number of hydrogen-bond donors (Lipinski definition) is 0. The predicted molar refractivity (Wildman–Crippen MR) is 98.7 cm³/mol. The van der Waals surface area contributed by atoms with E-state index in [-0.39, 0.29) is 5.78 Å². The molecule has 1 aliphatic rings. The van der Waals surface area contributed by atoms with Crippen LogP contribution in [0.2, 0.25) is 0 Å². The highest BCUT2D eigenvalue weighted by atomic mass is 16.5. The standard InChI is InChI=1S/C20H32N2O2/c1-3-21-13-15-22(16-14-21)12-4-5-17-24-20-10-8-19(9-11-20)7-6-18(2)23/h8-11H,3-7,12-17H2,1-2H3. The second-order valence-corrected chi connectivity index (χ2v) is 6.68. The average molecular weight is 332 g/mol. The van der Waals surface area contributed by atoms with Crippen LogP contribution < -0.4 is 4.74 Å². The van der Waals surface area contributed by atoms with Crippen molar-refractivity contribution < 1.29 is 9.53 Å². The molecule has 2 rings (SSSR count). The Labute approximate surface area is 146 Å². The van der Waals surface area contributed by atoms with Gasteiger partial charge >= 0.3 is 0 Å². The second kappa shape index (κ2) is 10.5. The van der Waals surface area contributed by atoms with Gasteiger partial charge < -0.3 is 19.3 Å². The molecule has 0 aromatic heterocycles. The molecule has 24 heavy (non-hydrogen) atoms. The van der Waals surface area contributed by atoms with Crippen LogP contribution in [0.4, 0.5) is 0 Å². The molecule has 0 spiro atoms. The summed E-state index contributed by atoms with van der Waals surface area (Å²) in [5, 5.41) is 0. The highest BCUT2D eigenvalue weighted by Gasteiger charge is 2.14. The van der Waals surface area contributed by atoms with Crippen LogP contribution >= 0.6 is 0 Å². The summed E-state index contributed by atoms with van der Waals surface area (Å²) in [5.74, 6) is 1.17. The smallest absolute Gasteiger partial charge is 0.130 e. The first kappa shape index (κ1) is 18.9. The largest absolute Gasteiger partial charge is 0.494 e. The van der Waals surface area contributed by atoms with Crippen LogP contribution in [0.3, 0.4) is 0 Å². The maximum atomic E-state index is 11.0. The molecule has 0 saturated carbocycles. The number of Topliss-reactive ketones (excluding diaryl/α,β-unsaturated/α-hetero) is 1. The van der Waals surface area contributed by atoms with Crippen molar-refractivity contribution in [1.82, 2.24) is 9.80 Å². The lowest BCUT2D eigenvalue weighted by atomic mass is 10.1. The highest BCUT2D eigenvalue weighted by Crippen LogP contribution is 2.14. The summed E-state index contributed by atoms with van der Waals surface area (Å²) >= 11 is 0. The Morgan fingerprint density at radius 2 is 1.71 bits per heavy atom. The summed E-state index contributed by atoms with van der Waals surface area (Å²) in [6.07, 6.45) is 3.73. The highest BCUT2D eigenvalue weighted by molar-refractivity contribution is 5.75. The summed E-state index contributed by atoms with van der Waals surface area (Å²) in [6, 6.07) is 8.15. The molecule has 1 aromatic carbocycles. The second-order valence-electron chi connectivity index (χ2n) is 6.68. The molecule has 0 unspecified atom stereocenters. The molecule has 4 nitrogen and oxygen atoms in total. The number of carbonyl (C=O) groups is 1. The molecule has 134 valence electrons. The van der Waals surface area contributed by atoms with Crippen LogP contribution in [0.15, 0.2) is 24.3 Å². The Kier molecular flexibility index (Phi) is 8.26. The van der Waals surface area contributed by atoms with Gasteiger partial charge in [0.1, 0.15) is 11.5 Å². The number of piperazine rings is 1. The van der Waals surface area contributed by atoms with E-state index in [0.717, 1.165) is 25.2 Å². The van der Waals surface area contributed by atoms with Gasteiger partial charge in [-0.1, -0.05) is 19.1 Å². The third-order valence-electron chi connectivity index (χ3n) is 4.74. The topological polar surface area (TPSA) is 32.8 Å². The number of ether oxygens (including phenoxy) is 1. The van der Waals surface area contributed by atoms with Gasteiger partial charge in [-0.25, -0.2) is 0 Å². The number of benzene rings is 1.